The van der Waals surface area contributed by atoms with E-state index in [-0.39, 0.29) is 34.7 Å². The second kappa shape index (κ2) is 13.8. The number of hydrogen-bond donors (Lipinski definition) is 5. The molecule has 1 atom stereocenters. The topological polar surface area (TPSA) is 125 Å². The van der Waals surface area contributed by atoms with Gasteiger partial charge in [0.25, 0.3) is 0 Å². The predicted octanol–water partition coefficient (Wildman–Crippen LogP) is 5.00. The van der Waals surface area contributed by atoms with E-state index in [2.05, 4.69) is 20.6 Å². The average molecular weight is 588 g/mol. The number of nitrogens with one attached hydrogen (secondary N) is 4. The highest BCUT2D eigenvalue weighted by atomic mass is 35.5. The van der Waals surface area contributed by atoms with Gasteiger partial charge in [-0.1, -0.05) is 17.7 Å². The lowest BCUT2D eigenvalue weighted by Crippen LogP contribution is -2.27. The molecule has 0 aliphatic heterocycles. The number of nitrogens with zero attached hydrogens (tertiary/aromatic N) is 2. The highest BCUT2D eigenvalue weighted by Crippen LogP contribution is 2.31. The molecular weight excluding hydrogens is 555 g/mol. The summed E-state index contributed by atoms with van der Waals surface area (Å²) < 4.78 is 43.4. The van der Waals surface area contributed by atoms with Gasteiger partial charge < -0.3 is 21.4 Å². The van der Waals surface area contributed by atoms with Crippen LogP contribution in [0.3, 0.4) is 0 Å². The Morgan fingerprint density at radius 1 is 1.20 bits per heavy atom. The van der Waals surface area contributed by atoms with E-state index in [1.54, 1.807) is 30.3 Å². The summed E-state index contributed by atoms with van der Waals surface area (Å²) in [7, 11) is 0. The van der Waals surface area contributed by atoms with Crippen molar-refractivity contribution in [3.63, 3.8) is 0 Å². The Morgan fingerprint density at radius 2 is 2.00 bits per heavy atom. The fraction of sp³-hybridized carbons (Fsp3) is 0.345. The van der Waals surface area contributed by atoms with Crippen LogP contribution in [0.15, 0.2) is 47.4 Å². The van der Waals surface area contributed by atoms with Crippen molar-refractivity contribution >= 4 is 28.5 Å². The smallest absolute Gasteiger partial charge is 0.354 e. The summed E-state index contributed by atoms with van der Waals surface area (Å²) >= 11 is 6.19. The number of benzene rings is 2. The number of hydrogen-bond acceptors (Lipinski definition) is 5. The molecule has 0 saturated heterocycles. The zero-order chi connectivity index (χ0) is 29.5. The SMILES string of the molecule is C[C@H](N)CCCc1cc(Cl)c(F)c(-c2cc3cn(-c4ccc(CNCCCNC(=N)CF)c(F)c4)c(=O)nc3[nH]2)c1. The number of aryl methyl sites for hydroxylation is 1. The molecule has 0 unspecified atom stereocenters. The van der Waals surface area contributed by atoms with Crippen LogP contribution in [0.5, 0.6) is 0 Å². The number of aromatic nitrogens is 3. The molecule has 4 aromatic rings. The van der Waals surface area contributed by atoms with Gasteiger partial charge in [-0.3, -0.25) is 9.98 Å². The highest BCUT2D eigenvalue weighted by Gasteiger charge is 2.16. The van der Waals surface area contributed by atoms with Crippen molar-refractivity contribution in [2.45, 2.75) is 45.2 Å². The molecule has 0 radical (unpaired) electrons. The summed E-state index contributed by atoms with van der Waals surface area (Å²) in [6, 6.07) is 9.56. The summed E-state index contributed by atoms with van der Waals surface area (Å²) in [6.07, 6.45) is 4.53. The first-order valence-electron chi connectivity index (χ1n) is 13.4. The molecule has 0 aliphatic rings. The first-order valence-corrected chi connectivity index (χ1v) is 13.8. The van der Waals surface area contributed by atoms with Crippen LogP contribution in [0.2, 0.25) is 5.02 Å². The van der Waals surface area contributed by atoms with Crippen LogP contribution < -0.4 is 22.1 Å². The van der Waals surface area contributed by atoms with Gasteiger partial charge in [0, 0.05) is 41.8 Å². The number of halogens is 4. The summed E-state index contributed by atoms with van der Waals surface area (Å²) in [5, 5.41) is 13.5. The van der Waals surface area contributed by atoms with Gasteiger partial charge in [-0.2, -0.15) is 4.98 Å². The molecule has 2 aromatic heterocycles. The second-order valence-electron chi connectivity index (χ2n) is 10.0. The van der Waals surface area contributed by atoms with Crippen LogP contribution in [0, 0.1) is 17.0 Å². The molecule has 0 saturated carbocycles. The third-order valence-electron chi connectivity index (χ3n) is 6.64. The zero-order valence-electron chi connectivity index (χ0n) is 22.7. The minimum absolute atomic E-state index is 0.00325. The Balaban J connectivity index is 1.51. The maximum atomic E-state index is 15.0. The molecule has 0 fully saturated rings. The predicted molar refractivity (Wildman–Crippen MR) is 157 cm³/mol. The normalized spacial score (nSPS) is 12.1. The van der Waals surface area contributed by atoms with Gasteiger partial charge in [0.05, 0.1) is 16.4 Å². The molecule has 41 heavy (non-hydrogen) atoms. The van der Waals surface area contributed by atoms with Crippen LogP contribution in [0.1, 0.15) is 37.3 Å². The van der Waals surface area contributed by atoms with Gasteiger partial charge in [-0.15, -0.1) is 0 Å². The van der Waals surface area contributed by atoms with Gasteiger partial charge in [0.15, 0.2) is 5.82 Å². The van der Waals surface area contributed by atoms with Gasteiger partial charge >= 0.3 is 5.69 Å². The number of rotatable bonds is 13. The summed E-state index contributed by atoms with van der Waals surface area (Å²) in [6.45, 7) is 2.35. The molecule has 8 nitrogen and oxygen atoms in total. The van der Waals surface area contributed by atoms with Crippen LogP contribution in [0.25, 0.3) is 28.0 Å². The third-order valence-corrected chi connectivity index (χ3v) is 6.92. The number of H-pyrrole nitrogens is 1. The zero-order valence-corrected chi connectivity index (χ0v) is 23.4. The van der Waals surface area contributed by atoms with Crippen molar-refractivity contribution < 1.29 is 13.2 Å². The van der Waals surface area contributed by atoms with Crippen LogP contribution in [-0.4, -0.2) is 46.2 Å². The maximum Gasteiger partial charge on any atom is 0.354 e. The van der Waals surface area contributed by atoms with Gasteiger partial charge in [0.2, 0.25) is 0 Å². The fourth-order valence-corrected chi connectivity index (χ4v) is 4.73. The van der Waals surface area contributed by atoms with E-state index in [9.17, 15) is 13.6 Å². The van der Waals surface area contributed by atoms with Crippen LogP contribution in [0.4, 0.5) is 13.2 Å². The molecule has 6 N–H and O–H groups in total. The van der Waals surface area contributed by atoms with Crippen molar-refractivity contribution in [1.29, 1.82) is 5.41 Å². The third kappa shape index (κ3) is 7.75. The molecule has 2 aromatic carbocycles. The van der Waals surface area contributed by atoms with E-state index in [1.165, 1.54) is 16.8 Å². The maximum absolute atomic E-state index is 15.0. The molecular formula is C29H33ClF3N7O. The van der Waals surface area contributed by atoms with E-state index in [4.69, 9.17) is 22.7 Å². The Morgan fingerprint density at radius 3 is 2.73 bits per heavy atom. The lowest BCUT2D eigenvalue weighted by molar-refractivity contribution is 0.559. The number of amidine groups is 1. The molecule has 218 valence electrons. The van der Waals surface area contributed by atoms with Gasteiger partial charge in [0.1, 0.15) is 24.0 Å². The van der Waals surface area contributed by atoms with Crippen molar-refractivity contribution in [1.82, 2.24) is 25.2 Å². The Labute approximate surface area is 240 Å². The van der Waals surface area contributed by atoms with E-state index in [0.717, 1.165) is 18.4 Å². The van der Waals surface area contributed by atoms with E-state index in [1.807, 2.05) is 6.92 Å². The first kappa shape index (κ1) is 30.3. The molecule has 4 rings (SSSR count). The van der Waals surface area contributed by atoms with Crippen LogP contribution in [-0.2, 0) is 13.0 Å². The monoisotopic (exact) mass is 587 g/mol. The molecule has 0 aliphatic carbocycles. The fourth-order valence-electron chi connectivity index (χ4n) is 4.49. The number of alkyl halides is 1. The van der Waals surface area contributed by atoms with Gasteiger partial charge in [-0.05, 0) is 75.0 Å². The molecule has 2 heterocycles. The minimum atomic E-state index is -0.835. The van der Waals surface area contributed by atoms with Crippen molar-refractivity contribution in [2.24, 2.45) is 5.73 Å². The van der Waals surface area contributed by atoms with Crippen molar-refractivity contribution in [3.8, 4) is 16.9 Å². The molecule has 0 bridgehead atoms. The number of nitrogens with two attached hydrogens (primary N) is 1. The molecule has 0 spiro atoms. The summed E-state index contributed by atoms with van der Waals surface area (Å²) in [5.41, 5.74) is 7.76. The Hall–Kier alpha value is -3.67. The van der Waals surface area contributed by atoms with Crippen molar-refractivity contribution in [2.75, 3.05) is 19.8 Å². The average Bonchev–Trinajstić information content (AvgIpc) is 3.34. The Bertz CT molecular complexity index is 1580. The minimum Gasteiger partial charge on any atom is -0.372 e. The molecule has 12 heteroatoms. The van der Waals surface area contributed by atoms with Crippen molar-refractivity contribution in [3.05, 3.63) is 80.9 Å². The summed E-state index contributed by atoms with van der Waals surface area (Å²) in [4.78, 5) is 19.9. The Kier molecular flexibility index (Phi) is 10.2. The lowest BCUT2D eigenvalue weighted by Gasteiger charge is -2.10. The largest absolute Gasteiger partial charge is 0.372 e. The molecule has 0 amide bonds. The first-order chi connectivity index (χ1) is 19.7. The summed E-state index contributed by atoms with van der Waals surface area (Å²) in [5.74, 6) is -1.24. The van der Waals surface area contributed by atoms with E-state index >= 15 is 4.39 Å². The second-order valence-corrected chi connectivity index (χ2v) is 10.4. The highest BCUT2D eigenvalue weighted by molar-refractivity contribution is 6.31. The van der Waals surface area contributed by atoms with E-state index < -0.39 is 24.0 Å². The number of aromatic amines is 1. The number of fused-ring (bicyclic) bond motifs is 1. The standard InChI is InChI=1S/C29H33ClF3N7O/c1-17(34)4-2-5-18-10-22(27(33)23(30)11-18)25-12-20-16-40(29(41)39-28(20)38-25)21-7-6-19(24(32)13-21)15-36-8-3-9-37-26(35)14-31/h6-7,10-13,16-17,36H,2-5,8-9,14-15,34H2,1H3,(H2,35,37)(H,38,39,41)/t17-/m0/s1. The lowest BCUT2D eigenvalue weighted by atomic mass is 10.0. The van der Waals surface area contributed by atoms with Crippen LogP contribution >= 0.6 is 11.6 Å². The van der Waals surface area contributed by atoms with Gasteiger partial charge in [-0.25, -0.2) is 18.0 Å². The quantitative estimate of drug-likeness (QED) is 0.0855. The van der Waals surface area contributed by atoms with E-state index in [0.29, 0.717) is 48.3 Å².